The van der Waals surface area contributed by atoms with Crippen molar-refractivity contribution >= 4 is 19.7 Å². The lowest BCUT2D eigenvalue weighted by Crippen LogP contribution is -2.47. The quantitative estimate of drug-likeness (QED) is 0.0156. The van der Waals surface area contributed by atoms with Gasteiger partial charge in [0.05, 0.1) is 33.8 Å². The zero-order valence-electron chi connectivity index (χ0n) is 50.7. The van der Waals surface area contributed by atoms with E-state index in [-0.39, 0.29) is 31.5 Å². The lowest BCUT2D eigenvalue weighted by atomic mass is 10.0. The number of unbranched alkanes of at least 4 members (excludes halogenated alkanes) is 35. The molecule has 10 heteroatoms. The van der Waals surface area contributed by atoms with Crippen LogP contribution < -0.4 is 5.32 Å². The highest BCUT2D eigenvalue weighted by atomic mass is 31.2. The predicted octanol–water partition coefficient (Wildman–Crippen LogP) is 19.8. The molecule has 0 heterocycles. The average Bonchev–Trinajstić information content (AvgIpc) is 3.38. The maximum Gasteiger partial charge on any atom is 0.472 e. The first-order valence-electron chi connectivity index (χ1n) is 32.1. The number of amides is 1. The molecule has 0 rings (SSSR count). The Hall–Kier alpha value is -2.29. The number of phosphoric ester groups is 1. The second-order valence-electron chi connectivity index (χ2n) is 23.0. The zero-order chi connectivity index (χ0) is 55.7. The topological polar surface area (TPSA) is 111 Å². The Morgan fingerprint density at radius 1 is 0.474 bits per heavy atom. The number of allylic oxidation sites excluding steroid dienone is 9. The van der Waals surface area contributed by atoms with Crippen LogP contribution in [0.2, 0.25) is 0 Å². The van der Waals surface area contributed by atoms with Crippen molar-refractivity contribution in [2.45, 2.75) is 309 Å². The van der Waals surface area contributed by atoms with E-state index in [9.17, 15) is 19.0 Å². The van der Waals surface area contributed by atoms with E-state index in [4.69, 9.17) is 13.8 Å². The van der Waals surface area contributed by atoms with Crippen LogP contribution in [0, 0.1) is 0 Å². The summed E-state index contributed by atoms with van der Waals surface area (Å²) in [6.45, 7) is 6.98. The van der Waals surface area contributed by atoms with E-state index in [0.717, 1.165) is 70.6 Å². The zero-order valence-corrected chi connectivity index (χ0v) is 51.6. The number of ether oxygens (including phenoxy) is 1. The molecular formula is C66H124N2O7P+. The number of likely N-dealkylation sites (N-methyl/N-ethyl adjacent to an activating group) is 1. The van der Waals surface area contributed by atoms with Gasteiger partial charge in [0.15, 0.2) is 0 Å². The Labute approximate surface area is 471 Å². The lowest BCUT2D eigenvalue weighted by molar-refractivity contribution is -0.870. The molecule has 0 spiro atoms. The van der Waals surface area contributed by atoms with Crippen molar-refractivity contribution in [2.24, 2.45) is 0 Å². The molecule has 9 nitrogen and oxygen atoms in total. The largest absolute Gasteiger partial charge is 0.472 e. The number of esters is 1. The third-order valence-electron chi connectivity index (χ3n) is 14.2. The van der Waals surface area contributed by atoms with Gasteiger partial charge in [-0.05, 0) is 89.5 Å². The summed E-state index contributed by atoms with van der Waals surface area (Å²) < 4.78 is 30.7. The summed E-state index contributed by atoms with van der Waals surface area (Å²) >= 11 is 0. The van der Waals surface area contributed by atoms with Gasteiger partial charge in [-0.15, -0.1) is 0 Å². The highest BCUT2D eigenvalue weighted by Crippen LogP contribution is 2.43. The number of rotatable bonds is 58. The number of carbonyl (C=O) groups is 2. The van der Waals surface area contributed by atoms with E-state index in [2.05, 4.69) is 74.7 Å². The second-order valence-corrected chi connectivity index (χ2v) is 24.4. The fourth-order valence-corrected chi connectivity index (χ4v) is 9.93. The van der Waals surface area contributed by atoms with Crippen molar-refractivity contribution in [1.29, 1.82) is 0 Å². The van der Waals surface area contributed by atoms with E-state index < -0.39 is 20.0 Å². The van der Waals surface area contributed by atoms with E-state index in [1.54, 1.807) is 0 Å². The second kappa shape index (κ2) is 56.0. The minimum Gasteiger partial charge on any atom is -0.456 e. The van der Waals surface area contributed by atoms with Crippen LogP contribution in [0.4, 0.5) is 0 Å². The molecule has 0 aromatic carbocycles. The first kappa shape index (κ1) is 73.7. The first-order valence-corrected chi connectivity index (χ1v) is 33.6. The standard InChI is InChI=1S/C66H123N2O7P/c1-7-10-13-16-19-22-25-28-30-32-33-34-35-36-38-41-44-47-50-53-56-59-66(70)75-64(57-54-51-48-45-42-39-27-24-21-18-15-12-9-3)63(62-74-76(71,72)73-61-60-68(4,5)6)67-65(69)58-55-52-49-46-43-40-37-31-29-26-23-20-17-14-11-8-2/h19,22,28,30-31,37,40,43,54,57,63-64H,7-18,20-21,23-27,29,32-36,38-39,41-42,44-53,55-56,58-62H2,1-6H3,(H-,67,69,71,72)/p+1/b22-19-,30-28-,37-31+,43-40+,57-54+. The first-order chi connectivity index (χ1) is 36.9. The SMILES string of the molecule is CCCCC/C=C\C/C=C\CCCCCCCCCCCCCC(=O)OC(/C=C/CCCCCCCCCCCCC)C(COP(=O)(O)OCC[N+](C)(C)C)NC(=O)CCCCC/C=C/C=C/CCCCCCCCC. The Kier molecular flexibility index (Phi) is 54.3. The van der Waals surface area contributed by atoms with Gasteiger partial charge in [0.1, 0.15) is 19.3 Å². The molecule has 0 aliphatic carbocycles. The number of hydrogen-bond acceptors (Lipinski definition) is 6. The van der Waals surface area contributed by atoms with Gasteiger partial charge >= 0.3 is 13.8 Å². The number of phosphoric acid groups is 1. The minimum atomic E-state index is -4.46. The van der Waals surface area contributed by atoms with Gasteiger partial charge in [0.25, 0.3) is 0 Å². The fraction of sp³-hybridized carbons (Fsp3) is 0.818. The van der Waals surface area contributed by atoms with E-state index in [0.29, 0.717) is 23.9 Å². The van der Waals surface area contributed by atoms with Crippen LogP contribution in [0.25, 0.3) is 0 Å². The molecule has 2 N–H and O–H groups in total. The van der Waals surface area contributed by atoms with Crippen molar-refractivity contribution in [3.05, 3.63) is 60.8 Å². The van der Waals surface area contributed by atoms with E-state index in [1.807, 2.05) is 33.3 Å². The van der Waals surface area contributed by atoms with Crippen molar-refractivity contribution in [3.8, 4) is 0 Å². The molecule has 0 aliphatic rings. The molecule has 3 atom stereocenters. The van der Waals surface area contributed by atoms with Gasteiger partial charge in [0, 0.05) is 12.8 Å². The molecule has 0 aromatic heterocycles. The number of quaternary nitrogens is 1. The molecular weight excluding hydrogens is 964 g/mol. The third-order valence-corrected chi connectivity index (χ3v) is 15.2. The number of nitrogens with one attached hydrogen (secondary N) is 1. The molecule has 0 saturated carbocycles. The summed E-state index contributed by atoms with van der Waals surface area (Å²) in [6, 6.07) is -0.863. The predicted molar refractivity (Wildman–Crippen MR) is 328 cm³/mol. The van der Waals surface area contributed by atoms with Crippen LogP contribution in [0.5, 0.6) is 0 Å². The maximum absolute atomic E-state index is 13.5. The van der Waals surface area contributed by atoms with Crippen LogP contribution in [-0.4, -0.2) is 74.3 Å². The molecule has 0 radical (unpaired) electrons. The summed E-state index contributed by atoms with van der Waals surface area (Å²) in [6.07, 6.45) is 70.7. The summed E-state index contributed by atoms with van der Waals surface area (Å²) in [5.41, 5.74) is 0. The van der Waals surface area contributed by atoms with Crippen molar-refractivity contribution in [1.82, 2.24) is 5.32 Å². The Morgan fingerprint density at radius 3 is 1.30 bits per heavy atom. The smallest absolute Gasteiger partial charge is 0.456 e. The molecule has 444 valence electrons. The van der Waals surface area contributed by atoms with Crippen molar-refractivity contribution in [3.63, 3.8) is 0 Å². The van der Waals surface area contributed by atoms with E-state index >= 15 is 0 Å². The van der Waals surface area contributed by atoms with Crippen LogP contribution in [-0.2, 0) is 27.9 Å². The highest BCUT2D eigenvalue weighted by molar-refractivity contribution is 7.47. The summed E-state index contributed by atoms with van der Waals surface area (Å²) in [4.78, 5) is 37.7. The van der Waals surface area contributed by atoms with Gasteiger partial charge in [-0.1, -0.05) is 255 Å². The van der Waals surface area contributed by atoms with Crippen LogP contribution in [0.3, 0.4) is 0 Å². The summed E-state index contributed by atoms with van der Waals surface area (Å²) in [5.74, 6) is -0.531. The van der Waals surface area contributed by atoms with Crippen LogP contribution in [0.15, 0.2) is 60.8 Å². The van der Waals surface area contributed by atoms with Gasteiger partial charge in [0.2, 0.25) is 5.91 Å². The molecule has 0 aromatic rings. The molecule has 76 heavy (non-hydrogen) atoms. The summed E-state index contributed by atoms with van der Waals surface area (Å²) in [7, 11) is 1.48. The van der Waals surface area contributed by atoms with Gasteiger partial charge in [-0.2, -0.15) is 0 Å². The Balaban J connectivity index is 5.27. The highest BCUT2D eigenvalue weighted by Gasteiger charge is 2.30. The van der Waals surface area contributed by atoms with Gasteiger partial charge in [-0.25, -0.2) is 4.57 Å². The van der Waals surface area contributed by atoms with Crippen LogP contribution in [0.1, 0.15) is 297 Å². The molecule has 0 fully saturated rings. The van der Waals surface area contributed by atoms with E-state index in [1.165, 1.54) is 186 Å². The Bertz CT molecular complexity index is 1490. The van der Waals surface area contributed by atoms with Gasteiger partial charge < -0.3 is 19.4 Å². The average molecular weight is 1090 g/mol. The molecule has 0 aliphatic heterocycles. The molecule has 0 bridgehead atoms. The fourth-order valence-electron chi connectivity index (χ4n) is 9.20. The minimum absolute atomic E-state index is 0.0343. The van der Waals surface area contributed by atoms with Crippen LogP contribution >= 0.6 is 7.82 Å². The summed E-state index contributed by atoms with van der Waals surface area (Å²) in [5, 5.41) is 3.05. The van der Waals surface area contributed by atoms with Gasteiger partial charge in [-0.3, -0.25) is 18.6 Å². The lowest BCUT2D eigenvalue weighted by Gasteiger charge is -2.27. The van der Waals surface area contributed by atoms with Crippen molar-refractivity contribution in [2.75, 3.05) is 40.9 Å². The normalized spacial score (nSPS) is 14.0. The molecule has 3 unspecified atom stereocenters. The maximum atomic E-state index is 13.5. The number of hydrogen-bond donors (Lipinski definition) is 2. The molecule has 0 saturated heterocycles. The van der Waals surface area contributed by atoms with Crippen molar-refractivity contribution < 1.29 is 37.3 Å². The number of nitrogens with zero attached hydrogens (tertiary/aromatic N) is 1. The number of carbonyl (C=O) groups excluding carboxylic acids is 2. The third kappa shape index (κ3) is 56.4. The monoisotopic (exact) mass is 1090 g/mol. The Morgan fingerprint density at radius 2 is 0.842 bits per heavy atom. The molecule has 1 amide bonds.